The van der Waals surface area contributed by atoms with Crippen molar-refractivity contribution in [3.63, 3.8) is 0 Å². The lowest BCUT2D eigenvalue weighted by Gasteiger charge is -2.14. The normalized spacial score (nSPS) is 11.5. The van der Waals surface area contributed by atoms with Gasteiger partial charge in [-0.15, -0.1) is 0 Å². The number of hydrogen-bond donors (Lipinski definition) is 1. The quantitative estimate of drug-likeness (QED) is 0.370. The molecular weight excluding hydrogens is 432 g/mol. The molecule has 0 atom stereocenters. The van der Waals surface area contributed by atoms with Crippen molar-refractivity contribution in [3.05, 3.63) is 99.6 Å². The van der Waals surface area contributed by atoms with Gasteiger partial charge in [0.05, 0.1) is 19.2 Å². The summed E-state index contributed by atoms with van der Waals surface area (Å²) in [5.41, 5.74) is 5.16. The number of methoxy groups -OCH3 is 1. The van der Waals surface area contributed by atoms with Crippen LogP contribution in [0.25, 0.3) is 11.0 Å². The minimum atomic E-state index is -0.927. The summed E-state index contributed by atoms with van der Waals surface area (Å²) in [6.45, 7) is -0.298. The van der Waals surface area contributed by atoms with Crippen LogP contribution in [0.1, 0.15) is 21.5 Å². The molecule has 3 aromatic heterocycles. The number of nitrogens with two attached hydrogens (primary N) is 1. The number of fused-ring (bicyclic) bond motifs is 1. The summed E-state index contributed by atoms with van der Waals surface area (Å²) in [6.07, 6.45) is 4.14. The molecule has 4 rings (SSSR count). The van der Waals surface area contributed by atoms with Crippen molar-refractivity contribution in [2.45, 2.75) is 6.54 Å². The predicted octanol–water partition coefficient (Wildman–Crippen LogP) is 2.67. The average Bonchev–Trinajstić information content (AvgIpc) is 2.83. The number of aliphatic imine (C=N–C) groups is 1. The molecule has 0 saturated carbocycles. The highest BCUT2D eigenvalue weighted by Crippen LogP contribution is 2.20. The number of aromatic nitrogens is 3. The van der Waals surface area contributed by atoms with Crippen molar-refractivity contribution in [2.24, 2.45) is 10.7 Å². The van der Waals surface area contributed by atoms with Gasteiger partial charge in [-0.1, -0.05) is 6.07 Å². The van der Waals surface area contributed by atoms with E-state index >= 15 is 0 Å². The SMILES string of the molecule is COc1ccc2c(n1)c(=O)c(C(=O)N=C(N)c1ccncc1)cn2Cc1c(F)cccc1F. The third kappa shape index (κ3) is 4.31. The Morgan fingerprint density at radius 1 is 1.12 bits per heavy atom. The Labute approximate surface area is 186 Å². The fraction of sp³-hybridized carbons (Fsp3) is 0.0870. The number of nitrogens with zero attached hydrogens (tertiary/aromatic N) is 4. The number of amidine groups is 1. The van der Waals surface area contributed by atoms with Crippen LogP contribution >= 0.6 is 0 Å². The van der Waals surface area contributed by atoms with E-state index < -0.39 is 23.0 Å². The van der Waals surface area contributed by atoms with Gasteiger partial charge in [0, 0.05) is 35.8 Å². The first-order valence-electron chi connectivity index (χ1n) is 9.69. The third-order valence-corrected chi connectivity index (χ3v) is 4.93. The topological polar surface area (TPSA) is 112 Å². The maximum atomic E-state index is 14.3. The van der Waals surface area contributed by atoms with Gasteiger partial charge < -0.3 is 15.0 Å². The predicted molar refractivity (Wildman–Crippen MR) is 117 cm³/mol. The zero-order valence-corrected chi connectivity index (χ0v) is 17.3. The van der Waals surface area contributed by atoms with E-state index in [-0.39, 0.29) is 40.4 Å². The zero-order valence-electron chi connectivity index (χ0n) is 17.3. The monoisotopic (exact) mass is 449 g/mol. The van der Waals surface area contributed by atoms with Crippen LogP contribution in [0.2, 0.25) is 0 Å². The molecule has 166 valence electrons. The van der Waals surface area contributed by atoms with Gasteiger partial charge in [-0.2, -0.15) is 4.99 Å². The molecule has 0 aliphatic rings. The molecule has 1 amide bonds. The van der Waals surface area contributed by atoms with Gasteiger partial charge in [0.15, 0.2) is 0 Å². The summed E-state index contributed by atoms with van der Waals surface area (Å²) in [5.74, 6) is -2.45. The summed E-state index contributed by atoms with van der Waals surface area (Å²) in [6, 6.07) is 9.61. The lowest BCUT2D eigenvalue weighted by atomic mass is 10.1. The summed E-state index contributed by atoms with van der Waals surface area (Å²) in [7, 11) is 1.37. The van der Waals surface area contributed by atoms with E-state index in [1.54, 1.807) is 12.1 Å². The van der Waals surface area contributed by atoms with Gasteiger partial charge in [0.2, 0.25) is 11.3 Å². The number of benzene rings is 1. The molecule has 8 nitrogen and oxygen atoms in total. The summed E-state index contributed by atoms with van der Waals surface area (Å²) in [5, 5.41) is 0. The Balaban J connectivity index is 1.89. The van der Waals surface area contributed by atoms with E-state index in [1.165, 1.54) is 48.5 Å². The molecule has 0 spiro atoms. The molecule has 0 bridgehead atoms. The van der Waals surface area contributed by atoms with Gasteiger partial charge >= 0.3 is 0 Å². The summed E-state index contributed by atoms with van der Waals surface area (Å²) >= 11 is 0. The van der Waals surface area contributed by atoms with Crippen LogP contribution in [0.5, 0.6) is 5.88 Å². The van der Waals surface area contributed by atoms with E-state index in [9.17, 15) is 18.4 Å². The Bertz CT molecular complexity index is 1430. The van der Waals surface area contributed by atoms with E-state index in [4.69, 9.17) is 10.5 Å². The lowest BCUT2D eigenvalue weighted by molar-refractivity contribution is 0.100. The van der Waals surface area contributed by atoms with Crippen LogP contribution in [0, 0.1) is 11.6 Å². The molecule has 1 aromatic carbocycles. The first-order valence-corrected chi connectivity index (χ1v) is 9.69. The zero-order chi connectivity index (χ0) is 23.5. The first-order chi connectivity index (χ1) is 15.9. The molecule has 0 unspecified atom stereocenters. The minimum absolute atomic E-state index is 0.116. The van der Waals surface area contributed by atoms with Gasteiger partial charge in [0.25, 0.3) is 5.91 Å². The number of ether oxygens (including phenoxy) is 1. The molecule has 0 fully saturated rings. The number of halogens is 2. The standard InChI is InChI=1S/C23H17F2N5O3/c1-33-19-6-5-18-20(28-19)21(31)15(23(32)29-22(26)13-7-9-27-10-8-13)12-30(18)11-14-16(24)3-2-4-17(14)25/h2-10,12H,11H2,1H3,(H2,26,29,32). The Morgan fingerprint density at radius 3 is 2.48 bits per heavy atom. The van der Waals surface area contributed by atoms with Crippen molar-refractivity contribution in [2.75, 3.05) is 7.11 Å². The first kappa shape index (κ1) is 21.8. The van der Waals surface area contributed by atoms with Gasteiger partial charge in [0.1, 0.15) is 28.6 Å². The highest BCUT2D eigenvalue weighted by Gasteiger charge is 2.19. The lowest BCUT2D eigenvalue weighted by Crippen LogP contribution is -2.23. The number of hydrogen-bond acceptors (Lipinski definition) is 5. The molecule has 0 aliphatic heterocycles. The van der Waals surface area contributed by atoms with Gasteiger partial charge in [-0.25, -0.2) is 13.8 Å². The van der Waals surface area contributed by atoms with E-state index in [1.807, 2.05) is 0 Å². The second-order valence-electron chi connectivity index (χ2n) is 6.96. The highest BCUT2D eigenvalue weighted by atomic mass is 19.1. The second-order valence-corrected chi connectivity index (χ2v) is 6.96. The highest BCUT2D eigenvalue weighted by molar-refractivity contribution is 6.09. The fourth-order valence-electron chi connectivity index (χ4n) is 3.25. The van der Waals surface area contributed by atoms with Gasteiger partial charge in [-0.3, -0.25) is 14.6 Å². The molecule has 33 heavy (non-hydrogen) atoms. The van der Waals surface area contributed by atoms with Crippen LogP contribution in [-0.4, -0.2) is 33.4 Å². The molecule has 3 heterocycles. The molecule has 0 aliphatic carbocycles. The molecular formula is C23H17F2N5O3. The van der Waals surface area contributed by atoms with Crippen LogP contribution in [0.3, 0.4) is 0 Å². The van der Waals surface area contributed by atoms with Crippen molar-refractivity contribution in [1.82, 2.24) is 14.5 Å². The molecule has 2 N–H and O–H groups in total. The Kier molecular flexibility index (Phi) is 5.90. The van der Waals surface area contributed by atoms with Crippen molar-refractivity contribution < 1.29 is 18.3 Å². The largest absolute Gasteiger partial charge is 0.481 e. The van der Waals surface area contributed by atoms with E-state index in [0.29, 0.717) is 5.56 Å². The maximum Gasteiger partial charge on any atom is 0.284 e. The number of rotatable bonds is 5. The number of carbonyl (C=O) groups excluding carboxylic acids is 1. The van der Waals surface area contributed by atoms with Crippen LogP contribution in [0.4, 0.5) is 8.78 Å². The Hall–Kier alpha value is -4.47. The number of pyridine rings is 3. The molecule has 0 radical (unpaired) electrons. The molecule has 10 heteroatoms. The third-order valence-electron chi connectivity index (χ3n) is 4.93. The van der Waals surface area contributed by atoms with E-state index in [2.05, 4.69) is 15.0 Å². The van der Waals surface area contributed by atoms with Crippen LogP contribution < -0.4 is 15.9 Å². The number of amides is 1. The van der Waals surface area contributed by atoms with Crippen molar-refractivity contribution in [3.8, 4) is 5.88 Å². The summed E-state index contributed by atoms with van der Waals surface area (Å²) in [4.78, 5) is 37.8. The summed E-state index contributed by atoms with van der Waals surface area (Å²) < 4.78 is 35.0. The average molecular weight is 449 g/mol. The smallest absolute Gasteiger partial charge is 0.284 e. The Morgan fingerprint density at radius 2 is 1.82 bits per heavy atom. The van der Waals surface area contributed by atoms with Crippen molar-refractivity contribution >= 4 is 22.8 Å². The van der Waals surface area contributed by atoms with Crippen molar-refractivity contribution in [1.29, 1.82) is 0 Å². The second kappa shape index (κ2) is 8.95. The van der Waals surface area contributed by atoms with E-state index in [0.717, 1.165) is 12.1 Å². The van der Waals surface area contributed by atoms with Crippen LogP contribution in [0.15, 0.2) is 70.8 Å². The maximum absolute atomic E-state index is 14.3. The minimum Gasteiger partial charge on any atom is -0.481 e. The molecule has 0 saturated heterocycles. The number of carbonyl (C=O) groups is 1. The van der Waals surface area contributed by atoms with Gasteiger partial charge in [-0.05, 0) is 30.3 Å². The van der Waals surface area contributed by atoms with Crippen LogP contribution in [-0.2, 0) is 6.54 Å². The fourth-order valence-corrected chi connectivity index (χ4v) is 3.25. The molecule has 4 aromatic rings.